The molecular weight excluding hydrogens is 341 g/mol. The van der Waals surface area contributed by atoms with Crippen LogP contribution in [0.25, 0.3) is 10.9 Å². The summed E-state index contributed by atoms with van der Waals surface area (Å²) < 4.78 is 0. The van der Waals surface area contributed by atoms with Gasteiger partial charge in [-0.05, 0) is 30.3 Å². The zero-order chi connectivity index (χ0) is 16.6. The summed E-state index contributed by atoms with van der Waals surface area (Å²) >= 11 is 11.7. The Morgan fingerprint density at radius 3 is 2.65 bits per heavy atom. The molecule has 1 amide bonds. The Morgan fingerprint density at radius 1 is 1.13 bits per heavy atom. The van der Waals surface area contributed by atoms with Crippen LogP contribution in [0.15, 0.2) is 46.6 Å². The molecule has 23 heavy (non-hydrogen) atoms. The number of azo groups is 1. The summed E-state index contributed by atoms with van der Waals surface area (Å²) in [6, 6.07) is 9.14. The van der Waals surface area contributed by atoms with Crippen LogP contribution < -0.4 is 0 Å². The SMILES string of the molecule is O=C(N=Nc1c(O)[nH]c2cc(Cl)ccc12)c1c(O)cccc1Cl. The van der Waals surface area contributed by atoms with Crippen molar-refractivity contribution in [3.63, 3.8) is 0 Å². The van der Waals surface area contributed by atoms with Crippen LogP contribution in [0.3, 0.4) is 0 Å². The van der Waals surface area contributed by atoms with E-state index in [-0.39, 0.29) is 27.9 Å². The highest BCUT2D eigenvalue weighted by Crippen LogP contribution is 2.37. The summed E-state index contributed by atoms with van der Waals surface area (Å²) in [4.78, 5) is 14.7. The van der Waals surface area contributed by atoms with Crippen molar-refractivity contribution < 1.29 is 15.0 Å². The largest absolute Gasteiger partial charge is 0.507 e. The van der Waals surface area contributed by atoms with Crippen LogP contribution in [0.1, 0.15) is 10.4 Å². The van der Waals surface area contributed by atoms with E-state index in [9.17, 15) is 15.0 Å². The van der Waals surface area contributed by atoms with Crippen molar-refractivity contribution in [3.8, 4) is 11.6 Å². The lowest BCUT2D eigenvalue weighted by Crippen LogP contribution is -1.95. The standard InChI is InChI=1S/C15H9Cl2N3O3/c16-7-4-5-8-10(6-7)18-15(23)13(8)19-20-14(22)12-9(17)2-1-3-11(12)21/h1-6,18,21,23H. The zero-order valence-electron chi connectivity index (χ0n) is 11.4. The fourth-order valence-electron chi connectivity index (χ4n) is 2.11. The number of nitrogens with zero attached hydrogens (tertiary/aromatic N) is 2. The molecule has 0 bridgehead atoms. The number of aromatic nitrogens is 1. The van der Waals surface area contributed by atoms with Crippen molar-refractivity contribution in [1.82, 2.24) is 4.98 Å². The minimum absolute atomic E-state index is 0.0591. The van der Waals surface area contributed by atoms with Crippen LogP contribution >= 0.6 is 23.2 Å². The van der Waals surface area contributed by atoms with Gasteiger partial charge < -0.3 is 15.2 Å². The van der Waals surface area contributed by atoms with Gasteiger partial charge in [-0.15, -0.1) is 10.2 Å². The van der Waals surface area contributed by atoms with Gasteiger partial charge >= 0.3 is 5.91 Å². The number of H-pyrrole nitrogens is 1. The Balaban J connectivity index is 2.00. The van der Waals surface area contributed by atoms with E-state index in [1.165, 1.54) is 18.2 Å². The molecule has 0 aliphatic rings. The summed E-state index contributed by atoms with van der Waals surface area (Å²) in [5, 5.41) is 28.0. The number of rotatable bonds is 2. The van der Waals surface area contributed by atoms with Crippen molar-refractivity contribution in [3.05, 3.63) is 52.0 Å². The van der Waals surface area contributed by atoms with Crippen LogP contribution in [-0.2, 0) is 0 Å². The van der Waals surface area contributed by atoms with Crippen LogP contribution in [-0.4, -0.2) is 21.1 Å². The lowest BCUT2D eigenvalue weighted by molar-refractivity contribution is 0.0992. The Labute approximate surface area is 140 Å². The second kappa shape index (κ2) is 5.91. The summed E-state index contributed by atoms with van der Waals surface area (Å²) in [6.45, 7) is 0. The molecule has 2 aromatic carbocycles. The summed E-state index contributed by atoms with van der Waals surface area (Å²) in [6.07, 6.45) is 0. The van der Waals surface area contributed by atoms with Crippen molar-refractivity contribution in [2.24, 2.45) is 10.2 Å². The number of aromatic amines is 1. The Kier molecular flexibility index (Phi) is 3.94. The number of fused-ring (bicyclic) bond motifs is 1. The maximum absolute atomic E-state index is 12.1. The average Bonchev–Trinajstić information content (AvgIpc) is 2.79. The average molecular weight is 350 g/mol. The molecule has 0 spiro atoms. The van der Waals surface area contributed by atoms with Crippen molar-refractivity contribution in [2.75, 3.05) is 0 Å². The molecule has 0 aliphatic carbocycles. The number of hydrogen-bond donors (Lipinski definition) is 3. The maximum Gasteiger partial charge on any atom is 0.300 e. The molecule has 8 heteroatoms. The number of benzene rings is 2. The van der Waals surface area contributed by atoms with Gasteiger partial charge in [0.15, 0.2) is 5.69 Å². The Bertz CT molecular complexity index is 930. The smallest absolute Gasteiger partial charge is 0.300 e. The number of carbonyl (C=O) groups is 1. The third-order valence-electron chi connectivity index (χ3n) is 3.16. The molecule has 1 heterocycles. The van der Waals surface area contributed by atoms with Gasteiger partial charge in [-0.25, -0.2) is 0 Å². The molecule has 3 N–H and O–H groups in total. The van der Waals surface area contributed by atoms with Gasteiger partial charge in [0.1, 0.15) is 11.3 Å². The number of carbonyl (C=O) groups excluding carboxylic acids is 1. The third kappa shape index (κ3) is 2.86. The number of halogens is 2. The molecule has 0 saturated heterocycles. The molecule has 1 aromatic heterocycles. The molecule has 0 radical (unpaired) electrons. The number of amides is 1. The van der Waals surface area contributed by atoms with Crippen molar-refractivity contribution in [2.45, 2.75) is 0 Å². The van der Waals surface area contributed by atoms with E-state index in [0.29, 0.717) is 15.9 Å². The molecule has 0 fully saturated rings. The molecule has 0 atom stereocenters. The fourth-order valence-corrected chi connectivity index (χ4v) is 2.53. The second-order valence-corrected chi connectivity index (χ2v) is 5.49. The third-order valence-corrected chi connectivity index (χ3v) is 3.71. The highest BCUT2D eigenvalue weighted by Gasteiger charge is 2.16. The van der Waals surface area contributed by atoms with Gasteiger partial charge in [-0.1, -0.05) is 29.3 Å². The second-order valence-electron chi connectivity index (χ2n) is 4.65. The number of phenolic OH excluding ortho intramolecular Hbond substituents is 1. The van der Waals surface area contributed by atoms with Gasteiger partial charge in [0.2, 0.25) is 5.88 Å². The lowest BCUT2D eigenvalue weighted by atomic mass is 10.2. The molecule has 0 unspecified atom stereocenters. The van der Waals surface area contributed by atoms with Crippen molar-refractivity contribution >= 4 is 45.7 Å². The number of hydrogen-bond acceptors (Lipinski definition) is 4. The molecule has 6 nitrogen and oxygen atoms in total. The molecular formula is C15H9Cl2N3O3. The first kappa shape index (κ1) is 15.3. The number of nitrogens with one attached hydrogen (secondary N) is 1. The summed E-state index contributed by atoms with van der Waals surface area (Å²) in [5.74, 6) is -1.37. The van der Waals surface area contributed by atoms with Crippen molar-refractivity contribution in [1.29, 1.82) is 0 Å². The van der Waals surface area contributed by atoms with Gasteiger partial charge in [0.05, 0.1) is 10.5 Å². The van der Waals surface area contributed by atoms with E-state index in [1.54, 1.807) is 18.2 Å². The molecule has 0 aliphatic heterocycles. The van der Waals surface area contributed by atoms with Gasteiger partial charge in [-0.2, -0.15) is 0 Å². The highest BCUT2D eigenvalue weighted by molar-refractivity contribution is 6.34. The topological polar surface area (TPSA) is 98.0 Å². The monoisotopic (exact) mass is 349 g/mol. The first-order chi connectivity index (χ1) is 11.0. The fraction of sp³-hybridized carbons (Fsp3) is 0. The highest BCUT2D eigenvalue weighted by atomic mass is 35.5. The van der Waals surface area contributed by atoms with Crippen LogP contribution in [0.2, 0.25) is 10.0 Å². The summed E-state index contributed by atoms with van der Waals surface area (Å²) in [5.41, 5.74) is 0.494. The van der Waals surface area contributed by atoms with E-state index < -0.39 is 5.91 Å². The van der Waals surface area contributed by atoms with E-state index in [1.807, 2.05) is 0 Å². The van der Waals surface area contributed by atoms with Crippen LogP contribution in [0.5, 0.6) is 11.6 Å². The first-order valence-electron chi connectivity index (χ1n) is 6.41. The molecule has 3 aromatic rings. The molecule has 116 valence electrons. The van der Waals surface area contributed by atoms with E-state index in [2.05, 4.69) is 15.2 Å². The van der Waals surface area contributed by atoms with Gasteiger partial charge in [0.25, 0.3) is 0 Å². The van der Waals surface area contributed by atoms with E-state index in [0.717, 1.165) is 0 Å². The van der Waals surface area contributed by atoms with E-state index in [4.69, 9.17) is 23.2 Å². The minimum Gasteiger partial charge on any atom is -0.507 e. The summed E-state index contributed by atoms with van der Waals surface area (Å²) in [7, 11) is 0. The van der Waals surface area contributed by atoms with Gasteiger partial charge in [0, 0.05) is 10.4 Å². The predicted molar refractivity (Wildman–Crippen MR) is 86.9 cm³/mol. The number of aromatic hydroxyl groups is 2. The normalized spacial score (nSPS) is 11.4. The molecule has 0 saturated carbocycles. The molecule has 3 rings (SSSR count). The number of phenols is 1. The minimum atomic E-state index is -0.823. The Morgan fingerprint density at radius 2 is 1.91 bits per heavy atom. The predicted octanol–water partition coefficient (Wildman–Crippen LogP) is 4.81. The first-order valence-corrected chi connectivity index (χ1v) is 7.16. The van der Waals surface area contributed by atoms with E-state index >= 15 is 0 Å². The quantitative estimate of drug-likeness (QED) is 0.579. The lowest BCUT2D eigenvalue weighted by Gasteiger charge is -2.01. The Hall–Kier alpha value is -2.57. The van der Waals surface area contributed by atoms with Crippen LogP contribution in [0, 0.1) is 0 Å². The van der Waals surface area contributed by atoms with Gasteiger partial charge in [-0.3, -0.25) is 4.79 Å². The maximum atomic E-state index is 12.1. The zero-order valence-corrected chi connectivity index (χ0v) is 12.9. The van der Waals surface area contributed by atoms with Crippen LogP contribution in [0.4, 0.5) is 5.69 Å².